The molecule has 17 heavy (non-hydrogen) atoms. The normalized spacial score (nSPS) is 13.9. The van der Waals surface area contributed by atoms with Crippen LogP contribution < -0.4 is 0 Å². The van der Waals surface area contributed by atoms with Crippen molar-refractivity contribution in [2.75, 3.05) is 0 Å². The molecule has 0 bridgehead atoms. The van der Waals surface area contributed by atoms with Crippen molar-refractivity contribution in [3.05, 3.63) is 48.6 Å². The lowest BCUT2D eigenvalue weighted by molar-refractivity contribution is -0.145. The van der Waals surface area contributed by atoms with Crippen molar-refractivity contribution in [1.82, 2.24) is 0 Å². The lowest BCUT2D eigenvalue weighted by atomic mass is 9.94. The maximum absolute atomic E-state index is 10.9. The van der Waals surface area contributed by atoms with Crippen LogP contribution in [0.2, 0.25) is 0 Å². The first-order valence-corrected chi connectivity index (χ1v) is 5.71. The number of aliphatic hydroxyl groups is 1. The number of carbonyl (C=O) groups is 1. The lowest BCUT2D eigenvalue weighted by Gasteiger charge is -2.17. The highest BCUT2D eigenvalue weighted by Crippen LogP contribution is 2.15. The second kappa shape index (κ2) is 6.86. The molecule has 0 saturated heterocycles. The molecule has 0 unspecified atom stereocenters. The summed E-state index contributed by atoms with van der Waals surface area (Å²) in [6, 6.07) is 9.73. The van der Waals surface area contributed by atoms with Gasteiger partial charge in [0.2, 0.25) is 0 Å². The first-order chi connectivity index (χ1) is 8.15. The Kier molecular flexibility index (Phi) is 5.43. The van der Waals surface area contributed by atoms with Crippen molar-refractivity contribution < 1.29 is 15.0 Å². The smallest absolute Gasteiger partial charge is 0.309 e. The van der Waals surface area contributed by atoms with Crippen LogP contribution in [-0.2, 0) is 11.2 Å². The minimum Gasteiger partial charge on any atom is -0.481 e. The van der Waals surface area contributed by atoms with Gasteiger partial charge in [-0.15, -0.1) is 6.58 Å². The standard InChI is InChI=1S/C14H18O3/c1-2-6-12(14(16)17)13(15)10-9-11-7-4-3-5-8-11/h2-5,7-8,12-13,15H,1,6,9-10H2,(H,16,17)/t12-,13-/m1/s1. The van der Waals surface area contributed by atoms with Crippen LogP contribution in [0.1, 0.15) is 18.4 Å². The molecular formula is C14H18O3. The van der Waals surface area contributed by atoms with Gasteiger partial charge in [0, 0.05) is 0 Å². The second-order valence-corrected chi connectivity index (χ2v) is 4.06. The molecule has 0 aromatic heterocycles. The Balaban J connectivity index is 2.50. The van der Waals surface area contributed by atoms with E-state index in [0.29, 0.717) is 19.3 Å². The Morgan fingerprint density at radius 2 is 2.00 bits per heavy atom. The van der Waals surface area contributed by atoms with Gasteiger partial charge >= 0.3 is 5.97 Å². The van der Waals surface area contributed by atoms with E-state index in [4.69, 9.17) is 5.11 Å². The molecule has 0 spiro atoms. The van der Waals surface area contributed by atoms with Gasteiger partial charge < -0.3 is 10.2 Å². The summed E-state index contributed by atoms with van der Waals surface area (Å²) >= 11 is 0. The fraction of sp³-hybridized carbons (Fsp3) is 0.357. The predicted octanol–water partition coefficient (Wildman–Crippen LogP) is 2.26. The Morgan fingerprint density at radius 1 is 1.35 bits per heavy atom. The highest BCUT2D eigenvalue weighted by atomic mass is 16.4. The molecule has 1 aromatic rings. The number of hydrogen-bond donors (Lipinski definition) is 2. The van der Waals surface area contributed by atoms with E-state index in [9.17, 15) is 9.90 Å². The fourth-order valence-corrected chi connectivity index (χ4v) is 1.76. The van der Waals surface area contributed by atoms with Crippen molar-refractivity contribution >= 4 is 5.97 Å². The molecule has 0 aliphatic heterocycles. The third kappa shape index (κ3) is 4.41. The average molecular weight is 234 g/mol. The first-order valence-electron chi connectivity index (χ1n) is 5.71. The van der Waals surface area contributed by atoms with Crippen LogP contribution in [-0.4, -0.2) is 22.3 Å². The quantitative estimate of drug-likeness (QED) is 0.711. The van der Waals surface area contributed by atoms with Gasteiger partial charge in [0.15, 0.2) is 0 Å². The van der Waals surface area contributed by atoms with Crippen LogP contribution in [0.5, 0.6) is 0 Å². The monoisotopic (exact) mass is 234 g/mol. The predicted molar refractivity (Wildman–Crippen MR) is 66.7 cm³/mol. The molecule has 0 fully saturated rings. The van der Waals surface area contributed by atoms with Crippen molar-refractivity contribution in [1.29, 1.82) is 0 Å². The van der Waals surface area contributed by atoms with Crippen LogP contribution in [0.4, 0.5) is 0 Å². The largest absolute Gasteiger partial charge is 0.481 e. The van der Waals surface area contributed by atoms with Gasteiger partial charge in [-0.2, -0.15) is 0 Å². The number of allylic oxidation sites excluding steroid dienone is 1. The van der Waals surface area contributed by atoms with E-state index >= 15 is 0 Å². The number of aliphatic carboxylic acids is 1. The summed E-state index contributed by atoms with van der Waals surface area (Å²) in [5.74, 6) is -1.72. The maximum Gasteiger partial charge on any atom is 0.309 e. The SMILES string of the molecule is C=CC[C@@H](C(=O)O)[C@H](O)CCc1ccccc1. The van der Waals surface area contributed by atoms with Crippen LogP contribution in [0.25, 0.3) is 0 Å². The van der Waals surface area contributed by atoms with Crippen molar-refractivity contribution in [2.45, 2.75) is 25.4 Å². The summed E-state index contributed by atoms with van der Waals surface area (Å²) < 4.78 is 0. The van der Waals surface area contributed by atoms with E-state index < -0.39 is 18.0 Å². The summed E-state index contributed by atoms with van der Waals surface area (Å²) in [7, 11) is 0. The molecule has 0 amide bonds. The number of aliphatic hydroxyl groups excluding tert-OH is 1. The maximum atomic E-state index is 10.9. The molecule has 0 aliphatic rings. The summed E-state index contributed by atoms with van der Waals surface area (Å²) in [6.45, 7) is 3.51. The second-order valence-electron chi connectivity index (χ2n) is 4.06. The summed E-state index contributed by atoms with van der Waals surface area (Å²) in [5.41, 5.74) is 1.11. The summed E-state index contributed by atoms with van der Waals surface area (Å²) in [6.07, 6.45) is 2.14. The molecule has 1 aromatic carbocycles. The Hall–Kier alpha value is -1.61. The zero-order chi connectivity index (χ0) is 12.7. The summed E-state index contributed by atoms with van der Waals surface area (Å²) in [4.78, 5) is 10.9. The lowest BCUT2D eigenvalue weighted by Crippen LogP contribution is -2.28. The van der Waals surface area contributed by atoms with Crippen molar-refractivity contribution in [3.8, 4) is 0 Å². The molecule has 92 valence electrons. The van der Waals surface area contributed by atoms with Crippen LogP contribution in [0, 0.1) is 5.92 Å². The van der Waals surface area contributed by atoms with E-state index in [1.807, 2.05) is 30.3 Å². The van der Waals surface area contributed by atoms with Gasteiger partial charge in [0.1, 0.15) is 0 Å². The van der Waals surface area contributed by atoms with E-state index in [0.717, 1.165) is 5.56 Å². The zero-order valence-corrected chi connectivity index (χ0v) is 9.75. The highest BCUT2D eigenvalue weighted by Gasteiger charge is 2.24. The Bertz CT molecular complexity index is 359. The molecule has 0 saturated carbocycles. The van der Waals surface area contributed by atoms with Gasteiger partial charge in [0.05, 0.1) is 12.0 Å². The third-order valence-corrected chi connectivity index (χ3v) is 2.77. The van der Waals surface area contributed by atoms with Gasteiger partial charge in [0.25, 0.3) is 0 Å². The van der Waals surface area contributed by atoms with Crippen molar-refractivity contribution in [3.63, 3.8) is 0 Å². The third-order valence-electron chi connectivity index (χ3n) is 2.77. The zero-order valence-electron chi connectivity index (χ0n) is 9.75. The van der Waals surface area contributed by atoms with Crippen LogP contribution in [0.3, 0.4) is 0 Å². The molecule has 2 atom stereocenters. The number of hydrogen-bond acceptors (Lipinski definition) is 2. The van der Waals surface area contributed by atoms with Gasteiger partial charge in [-0.1, -0.05) is 36.4 Å². The van der Waals surface area contributed by atoms with Crippen LogP contribution >= 0.6 is 0 Å². The van der Waals surface area contributed by atoms with E-state index in [1.165, 1.54) is 6.08 Å². The molecule has 3 nitrogen and oxygen atoms in total. The minimum absolute atomic E-state index is 0.297. The van der Waals surface area contributed by atoms with E-state index in [-0.39, 0.29) is 0 Å². The molecule has 0 aliphatic carbocycles. The fourth-order valence-electron chi connectivity index (χ4n) is 1.76. The first kappa shape index (κ1) is 13.5. The van der Waals surface area contributed by atoms with E-state index in [2.05, 4.69) is 6.58 Å². The number of aryl methyl sites for hydroxylation is 1. The van der Waals surface area contributed by atoms with Crippen molar-refractivity contribution in [2.24, 2.45) is 5.92 Å². The van der Waals surface area contributed by atoms with E-state index in [1.54, 1.807) is 0 Å². The molecule has 1 rings (SSSR count). The summed E-state index contributed by atoms with van der Waals surface area (Å²) in [5, 5.41) is 18.8. The van der Waals surface area contributed by atoms with Gasteiger partial charge in [-0.25, -0.2) is 0 Å². The number of carboxylic acid groups (broad SMARTS) is 1. The van der Waals surface area contributed by atoms with Gasteiger partial charge in [-0.05, 0) is 24.8 Å². The number of carboxylic acids is 1. The topological polar surface area (TPSA) is 57.5 Å². The minimum atomic E-state index is -0.967. The number of rotatable bonds is 7. The average Bonchev–Trinajstić information content (AvgIpc) is 2.34. The highest BCUT2D eigenvalue weighted by molar-refractivity contribution is 5.70. The van der Waals surface area contributed by atoms with Crippen LogP contribution in [0.15, 0.2) is 43.0 Å². The molecule has 0 radical (unpaired) electrons. The molecule has 2 N–H and O–H groups in total. The Morgan fingerprint density at radius 3 is 2.53 bits per heavy atom. The molecule has 0 heterocycles. The Labute approximate surface area is 101 Å². The molecule has 3 heteroatoms. The molecular weight excluding hydrogens is 216 g/mol. The number of benzene rings is 1. The van der Waals surface area contributed by atoms with Gasteiger partial charge in [-0.3, -0.25) is 4.79 Å².